The number of hydrogen-bond acceptors (Lipinski definition) is 4. The van der Waals surface area contributed by atoms with Crippen LogP contribution in [0, 0.1) is 0 Å². The van der Waals surface area contributed by atoms with Crippen molar-refractivity contribution in [1.82, 2.24) is 15.1 Å². The first-order valence-corrected chi connectivity index (χ1v) is 7.18. The molecule has 0 radical (unpaired) electrons. The summed E-state index contributed by atoms with van der Waals surface area (Å²) in [7, 11) is 0. The zero-order chi connectivity index (χ0) is 16.3. The number of halogens is 1. The normalized spacial score (nSPS) is 11.3. The number of rotatable bonds is 3. The van der Waals surface area contributed by atoms with Gasteiger partial charge in [-0.25, -0.2) is 9.48 Å². The van der Waals surface area contributed by atoms with Gasteiger partial charge >= 0.3 is 6.09 Å². The zero-order valence-corrected chi connectivity index (χ0v) is 13.5. The van der Waals surface area contributed by atoms with E-state index in [4.69, 9.17) is 22.1 Å². The fourth-order valence-corrected chi connectivity index (χ4v) is 2.06. The molecule has 7 heteroatoms. The summed E-state index contributed by atoms with van der Waals surface area (Å²) < 4.78 is 6.80. The summed E-state index contributed by atoms with van der Waals surface area (Å²) in [6.45, 7) is 5.76. The molecule has 2 aromatic rings. The average Bonchev–Trinajstić information content (AvgIpc) is 2.83. The Balaban J connectivity index is 2.01. The molecule has 1 heterocycles. The Kier molecular flexibility index (Phi) is 4.61. The lowest BCUT2D eigenvalue weighted by Gasteiger charge is -2.19. The number of carbonyl (C=O) groups excluding carboxylic acids is 1. The fourth-order valence-electron chi connectivity index (χ4n) is 1.78. The molecule has 2 rings (SSSR count). The Bertz CT molecular complexity index is 676. The predicted octanol–water partition coefficient (Wildman–Crippen LogP) is 3.13. The van der Waals surface area contributed by atoms with Gasteiger partial charge in [0.2, 0.25) is 0 Å². The number of ether oxygens (including phenoxy) is 1. The molecule has 0 unspecified atom stereocenters. The van der Waals surface area contributed by atoms with Crippen LogP contribution in [0.4, 0.5) is 10.5 Å². The van der Waals surface area contributed by atoms with Crippen LogP contribution in [0.1, 0.15) is 26.3 Å². The van der Waals surface area contributed by atoms with Crippen LogP contribution < -0.4 is 11.1 Å². The van der Waals surface area contributed by atoms with E-state index in [-0.39, 0.29) is 0 Å². The quantitative estimate of drug-likeness (QED) is 0.850. The lowest BCUT2D eigenvalue weighted by Crippen LogP contribution is -2.32. The minimum absolute atomic E-state index is 0.321. The molecule has 0 fully saturated rings. The molecule has 0 atom stereocenters. The van der Waals surface area contributed by atoms with Crippen molar-refractivity contribution in [3.8, 4) is 5.69 Å². The van der Waals surface area contributed by atoms with Crippen LogP contribution in [-0.2, 0) is 11.3 Å². The van der Waals surface area contributed by atoms with E-state index in [1.807, 2.05) is 20.8 Å². The number of nitrogens with one attached hydrogen (secondary N) is 1. The number of anilines is 1. The summed E-state index contributed by atoms with van der Waals surface area (Å²) in [5.74, 6) is 0. The molecule has 0 aliphatic carbocycles. The summed E-state index contributed by atoms with van der Waals surface area (Å²) in [5.41, 5.74) is 7.29. The zero-order valence-electron chi connectivity index (χ0n) is 12.8. The van der Waals surface area contributed by atoms with E-state index >= 15 is 0 Å². The van der Waals surface area contributed by atoms with Gasteiger partial charge in [-0.15, -0.1) is 0 Å². The highest BCUT2D eigenvalue weighted by Gasteiger charge is 2.16. The van der Waals surface area contributed by atoms with Gasteiger partial charge in [-0.2, -0.15) is 5.10 Å². The minimum Gasteiger partial charge on any atom is -0.444 e. The summed E-state index contributed by atoms with van der Waals surface area (Å²) >= 11 is 6.14. The number of hydrogen-bond donors (Lipinski definition) is 2. The van der Waals surface area contributed by atoms with Gasteiger partial charge in [-0.05, 0) is 39.0 Å². The number of nitrogens with zero attached hydrogens (tertiary/aromatic N) is 2. The molecule has 118 valence electrons. The van der Waals surface area contributed by atoms with Crippen LogP contribution in [0.5, 0.6) is 0 Å². The number of amides is 1. The van der Waals surface area contributed by atoms with Crippen molar-refractivity contribution in [2.45, 2.75) is 32.9 Å². The third-order valence-electron chi connectivity index (χ3n) is 2.69. The Morgan fingerprint density at radius 2 is 2.18 bits per heavy atom. The smallest absolute Gasteiger partial charge is 0.407 e. The first-order valence-electron chi connectivity index (χ1n) is 6.80. The van der Waals surface area contributed by atoms with Gasteiger partial charge in [0.05, 0.1) is 16.9 Å². The van der Waals surface area contributed by atoms with Gasteiger partial charge < -0.3 is 15.8 Å². The largest absolute Gasteiger partial charge is 0.444 e. The van der Waals surface area contributed by atoms with E-state index in [0.29, 0.717) is 17.3 Å². The third-order valence-corrected chi connectivity index (χ3v) is 2.99. The highest BCUT2D eigenvalue weighted by atomic mass is 35.5. The van der Waals surface area contributed by atoms with Crippen molar-refractivity contribution in [2.24, 2.45) is 0 Å². The summed E-state index contributed by atoms with van der Waals surface area (Å²) in [5, 5.41) is 7.41. The minimum atomic E-state index is -0.522. The lowest BCUT2D eigenvalue weighted by molar-refractivity contribution is 0.0523. The number of nitrogens with two attached hydrogens (primary N) is 1. The molecule has 0 spiro atoms. The van der Waals surface area contributed by atoms with Crippen molar-refractivity contribution in [1.29, 1.82) is 0 Å². The second-order valence-corrected chi connectivity index (χ2v) is 6.27. The lowest BCUT2D eigenvalue weighted by atomic mass is 10.2. The van der Waals surface area contributed by atoms with Gasteiger partial charge in [0.1, 0.15) is 5.60 Å². The fraction of sp³-hybridized carbons (Fsp3) is 0.333. The van der Waals surface area contributed by atoms with Crippen LogP contribution in [0.25, 0.3) is 5.69 Å². The number of benzene rings is 1. The van der Waals surface area contributed by atoms with Crippen LogP contribution >= 0.6 is 11.6 Å². The van der Waals surface area contributed by atoms with Crippen LogP contribution in [0.3, 0.4) is 0 Å². The SMILES string of the molecule is CC(C)(C)OC(=O)NCc1cnn(-c2ccc(N)cc2Cl)c1. The molecule has 1 aromatic carbocycles. The number of alkyl carbamates (subject to hydrolysis) is 1. The molecular formula is C15H19ClN4O2. The maximum atomic E-state index is 11.6. The Morgan fingerprint density at radius 1 is 1.45 bits per heavy atom. The van der Waals surface area contributed by atoms with Crippen molar-refractivity contribution in [2.75, 3.05) is 5.73 Å². The van der Waals surface area contributed by atoms with Gasteiger partial charge in [0, 0.05) is 24.0 Å². The standard InChI is InChI=1S/C15H19ClN4O2/c1-15(2,3)22-14(21)18-7-10-8-19-20(9-10)13-5-4-11(17)6-12(13)16/h4-6,8-9H,7,17H2,1-3H3,(H,18,21). The van der Waals surface area contributed by atoms with Crippen molar-refractivity contribution in [3.63, 3.8) is 0 Å². The highest BCUT2D eigenvalue weighted by Crippen LogP contribution is 2.22. The highest BCUT2D eigenvalue weighted by molar-refractivity contribution is 6.32. The summed E-state index contributed by atoms with van der Waals surface area (Å²) in [6, 6.07) is 5.20. The van der Waals surface area contributed by atoms with E-state index in [1.165, 1.54) is 0 Å². The first-order chi connectivity index (χ1) is 10.2. The van der Waals surface area contributed by atoms with Crippen molar-refractivity contribution in [3.05, 3.63) is 41.2 Å². The molecule has 1 amide bonds. The molecule has 0 bridgehead atoms. The Labute approximate surface area is 134 Å². The molecule has 0 aliphatic heterocycles. The molecule has 22 heavy (non-hydrogen) atoms. The van der Waals surface area contributed by atoms with E-state index in [0.717, 1.165) is 11.3 Å². The van der Waals surface area contributed by atoms with E-state index in [2.05, 4.69) is 10.4 Å². The molecule has 0 saturated heterocycles. The monoisotopic (exact) mass is 322 g/mol. The number of carbonyl (C=O) groups is 1. The van der Waals surface area contributed by atoms with Crippen molar-refractivity contribution >= 4 is 23.4 Å². The molecular weight excluding hydrogens is 304 g/mol. The van der Waals surface area contributed by atoms with Crippen LogP contribution in [0.15, 0.2) is 30.6 Å². The second-order valence-electron chi connectivity index (χ2n) is 5.86. The Hall–Kier alpha value is -2.21. The van der Waals surface area contributed by atoms with Crippen LogP contribution in [0.2, 0.25) is 5.02 Å². The molecule has 1 aromatic heterocycles. The van der Waals surface area contributed by atoms with Crippen LogP contribution in [-0.4, -0.2) is 21.5 Å². The van der Waals surface area contributed by atoms with E-state index in [9.17, 15) is 4.79 Å². The topological polar surface area (TPSA) is 82.2 Å². The molecule has 0 saturated carbocycles. The number of nitrogen functional groups attached to an aromatic ring is 1. The Morgan fingerprint density at radius 3 is 2.82 bits per heavy atom. The van der Waals surface area contributed by atoms with Gasteiger partial charge in [-0.1, -0.05) is 11.6 Å². The van der Waals surface area contributed by atoms with Gasteiger partial charge in [0.15, 0.2) is 0 Å². The maximum absolute atomic E-state index is 11.6. The summed E-state index contributed by atoms with van der Waals surface area (Å²) in [4.78, 5) is 11.6. The molecule has 0 aliphatic rings. The average molecular weight is 323 g/mol. The van der Waals surface area contributed by atoms with Gasteiger partial charge in [-0.3, -0.25) is 0 Å². The number of aromatic nitrogens is 2. The summed E-state index contributed by atoms with van der Waals surface area (Å²) in [6.07, 6.45) is 2.98. The maximum Gasteiger partial charge on any atom is 0.407 e. The molecule has 3 N–H and O–H groups in total. The van der Waals surface area contributed by atoms with E-state index < -0.39 is 11.7 Å². The second kappa shape index (κ2) is 6.27. The van der Waals surface area contributed by atoms with E-state index in [1.54, 1.807) is 35.3 Å². The molecule has 6 nitrogen and oxygen atoms in total. The predicted molar refractivity (Wildman–Crippen MR) is 86.1 cm³/mol. The first kappa shape index (κ1) is 16.2. The van der Waals surface area contributed by atoms with Gasteiger partial charge in [0.25, 0.3) is 0 Å². The third kappa shape index (κ3) is 4.39. The van der Waals surface area contributed by atoms with Crippen molar-refractivity contribution < 1.29 is 9.53 Å².